The zero-order chi connectivity index (χ0) is 21.8. The van der Waals surface area contributed by atoms with Gasteiger partial charge in [0.05, 0.1) is 25.4 Å². The van der Waals surface area contributed by atoms with Gasteiger partial charge in [-0.3, -0.25) is 0 Å². The van der Waals surface area contributed by atoms with Gasteiger partial charge in [0.2, 0.25) is 5.95 Å². The first-order valence-electron chi connectivity index (χ1n) is 9.57. The molecule has 0 aliphatic heterocycles. The molecule has 0 radical (unpaired) electrons. The van der Waals surface area contributed by atoms with E-state index in [9.17, 15) is 0 Å². The second kappa shape index (κ2) is 8.59. The number of rotatable bonds is 4. The van der Waals surface area contributed by atoms with Gasteiger partial charge >= 0.3 is 0 Å². The standard InChI is InChI=1S/C24H21N5O2/c1-26-24-28-19-13-21(31-3)20(30-2)12-18(19)23(29-24)17-6-4-5-15(11-17)7-8-16-9-10-22(25)27-14-16/h4-6,9-14H,1-3H3,(H2,25,27)(H,26,28,29). The Labute approximate surface area is 180 Å². The number of pyridine rings is 1. The number of nitrogens with zero attached hydrogens (tertiary/aromatic N) is 3. The minimum atomic E-state index is 0.468. The highest BCUT2D eigenvalue weighted by molar-refractivity contribution is 5.95. The summed E-state index contributed by atoms with van der Waals surface area (Å²) in [5.74, 6) is 8.49. The highest BCUT2D eigenvalue weighted by Crippen LogP contribution is 2.36. The molecule has 0 spiro atoms. The molecule has 4 rings (SSSR count). The first-order chi connectivity index (χ1) is 15.1. The molecule has 31 heavy (non-hydrogen) atoms. The highest BCUT2D eigenvalue weighted by atomic mass is 16.5. The third kappa shape index (κ3) is 4.19. The second-order valence-electron chi connectivity index (χ2n) is 6.67. The number of ether oxygens (including phenoxy) is 2. The Morgan fingerprint density at radius 1 is 0.903 bits per heavy atom. The monoisotopic (exact) mass is 411 g/mol. The molecule has 7 heteroatoms. The lowest BCUT2D eigenvalue weighted by molar-refractivity contribution is 0.356. The van der Waals surface area contributed by atoms with E-state index in [1.165, 1.54) is 0 Å². The predicted octanol–water partition coefficient (Wildman–Crippen LogP) is 3.73. The molecule has 0 atom stereocenters. The van der Waals surface area contributed by atoms with Crippen LogP contribution >= 0.6 is 0 Å². The number of benzene rings is 2. The molecule has 0 aliphatic rings. The molecule has 154 valence electrons. The van der Waals surface area contributed by atoms with E-state index < -0.39 is 0 Å². The van der Waals surface area contributed by atoms with Crippen molar-refractivity contribution < 1.29 is 9.47 Å². The van der Waals surface area contributed by atoms with Gasteiger partial charge in [0.15, 0.2) is 11.5 Å². The lowest BCUT2D eigenvalue weighted by Crippen LogP contribution is -2.00. The van der Waals surface area contributed by atoms with Crippen molar-refractivity contribution >= 4 is 22.7 Å². The van der Waals surface area contributed by atoms with Gasteiger partial charge in [-0.2, -0.15) is 0 Å². The molecule has 0 aliphatic carbocycles. The molecule has 2 heterocycles. The van der Waals surface area contributed by atoms with Crippen molar-refractivity contribution in [3.05, 3.63) is 65.9 Å². The highest BCUT2D eigenvalue weighted by Gasteiger charge is 2.14. The number of fused-ring (bicyclic) bond motifs is 1. The van der Waals surface area contributed by atoms with Crippen LogP contribution in [0.25, 0.3) is 22.2 Å². The maximum atomic E-state index is 5.63. The maximum Gasteiger partial charge on any atom is 0.223 e. The summed E-state index contributed by atoms with van der Waals surface area (Å²) in [4.78, 5) is 13.3. The van der Waals surface area contributed by atoms with Gasteiger partial charge in [-0.1, -0.05) is 24.0 Å². The van der Waals surface area contributed by atoms with Crippen LogP contribution in [-0.2, 0) is 0 Å². The fourth-order valence-corrected chi connectivity index (χ4v) is 3.16. The van der Waals surface area contributed by atoms with Gasteiger partial charge < -0.3 is 20.5 Å². The number of nitrogens with two attached hydrogens (primary N) is 1. The van der Waals surface area contributed by atoms with Gasteiger partial charge in [-0.25, -0.2) is 15.0 Å². The summed E-state index contributed by atoms with van der Waals surface area (Å²) in [6.45, 7) is 0. The minimum absolute atomic E-state index is 0.468. The molecule has 7 nitrogen and oxygen atoms in total. The molecule has 2 aromatic heterocycles. The van der Waals surface area contributed by atoms with E-state index in [2.05, 4.69) is 27.1 Å². The average Bonchev–Trinajstić information content (AvgIpc) is 2.82. The minimum Gasteiger partial charge on any atom is -0.493 e. The Morgan fingerprint density at radius 3 is 2.39 bits per heavy atom. The Hall–Kier alpha value is -4.31. The first kappa shape index (κ1) is 20.0. The van der Waals surface area contributed by atoms with Crippen molar-refractivity contribution in [3.8, 4) is 34.6 Å². The largest absolute Gasteiger partial charge is 0.493 e. The Balaban J connectivity index is 1.83. The van der Waals surface area contributed by atoms with Gasteiger partial charge in [0, 0.05) is 41.4 Å². The normalized spacial score (nSPS) is 10.3. The van der Waals surface area contributed by atoms with Gasteiger partial charge in [0.1, 0.15) is 5.82 Å². The molecular weight excluding hydrogens is 390 g/mol. The molecule has 0 saturated carbocycles. The smallest absolute Gasteiger partial charge is 0.223 e. The number of anilines is 2. The number of methoxy groups -OCH3 is 2. The summed E-state index contributed by atoms with van der Waals surface area (Å²) in [5.41, 5.74) is 9.71. The van der Waals surface area contributed by atoms with Crippen molar-refractivity contribution in [2.45, 2.75) is 0 Å². The Kier molecular flexibility index (Phi) is 5.54. The van der Waals surface area contributed by atoms with Crippen molar-refractivity contribution in [2.24, 2.45) is 0 Å². The van der Waals surface area contributed by atoms with Crippen LogP contribution < -0.4 is 20.5 Å². The van der Waals surface area contributed by atoms with E-state index in [-0.39, 0.29) is 0 Å². The van der Waals surface area contributed by atoms with Crippen LogP contribution in [0.2, 0.25) is 0 Å². The van der Waals surface area contributed by atoms with Crippen LogP contribution in [0, 0.1) is 11.8 Å². The number of nitrogen functional groups attached to an aromatic ring is 1. The average molecular weight is 411 g/mol. The number of hydrogen-bond acceptors (Lipinski definition) is 7. The summed E-state index contributed by atoms with van der Waals surface area (Å²) < 4.78 is 10.9. The SMILES string of the molecule is CNc1nc(-c2cccc(C#Cc3ccc(N)nc3)c2)c2cc(OC)c(OC)cc2n1. The summed E-state index contributed by atoms with van der Waals surface area (Å²) in [6, 6.07) is 15.2. The third-order valence-electron chi connectivity index (χ3n) is 4.70. The van der Waals surface area contributed by atoms with Crippen LogP contribution in [-0.4, -0.2) is 36.2 Å². The van der Waals surface area contributed by atoms with E-state index in [0.717, 1.165) is 33.3 Å². The third-order valence-corrected chi connectivity index (χ3v) is 4.70. The molecule has 0 amide bonds. The molecule has 2 aromatic carbocycles. The number of aromatic nitrogens is 3. The van der Waals surface area contributed by atoms with Crippen LogP contribution in [0.5, 0.6) is 11.5 Å². The molecular formula is C24H21N5O2. The van der Waals surface area contributed by atoms with E-state index in [1.807, 2.05) is 42.5 Å². The van der Waals surface area contributed by atoms with Gasteiger partial charge in [-0.05, 0) is 30.3 Å². The molecule has 0 fully saturated rings. The molecule has 0 saturated heterocycles. The Bertz CT molecular complexity index is 1310. The van der Waals surface area contributed by atoms with Crippen LogP contribution in [0.3, 0.4) is 0 Å². The molecule has 4 aromatic rings. The van der Waals surface area contributed by atoms with Crippen molar-refractivity contribution in [3.63, 3.8) is 0 Å². The fourth-order valence-electron chi connectivity index (χ4n) is 3.16. The quantitative estimate of drug-likeness (QED) is 0.494. The fraction of sp³-hybridized carbons (Fsp3) is 0.125. The second-order valence-corrected chi connectivity index (χ2v) is 6.67. The van der Waals surface area contributed by atoms with E-state index in [0.29, 0.717) is 23.3 Å². The summed E-state index contributed by atoms with van der Waals surface area (Å²) >= 11 is 0. The Morgan fingerprint density at radius 2 is 1.68 bits per heavy atom. The summed E-state index contributed by atoms with van der Waals surface area (Å²) in [7, 11) is 4.99. The summed E-state index contributed by atoms with van der Waals surface area (Å²) in [5, 5.41) is 3.87. The molecule has 3 N–H and O–H groups in total. The van der Waals surface area contributed by atoms with Crippen molar-refractivity contribution in [1.29, 1.82) is 0 Å². The van der Waals surface area contributed by atoms with Crippen LogP contribution in [0.15, 0.2) is 54.7 Å². The first-order valence-corrected chi connectivity index (χ1v) is 9.57. The van der Waals surface area contributed by atoms with Gasteiger partial charge in [-0.15, -0.1) is 0 Å². The topological polar surface area (TPSA) is 95.2 Å². The number of hydrogen-bond donors (Lipinski definition) is 2. The van der Waals surface area contributed by atoms with E-state index in [4.69, 9.17) is 20.2 Å². The van der Waals surface area contributed by atoms with Crippen LogP contribution in [0.1, 0.15) is 11.1 Å². The summed E-state index contributed by atoms with van der Waals surface area (Å²) in [6.07, 6.45) is 1.66. The maximum absolute atomic E-state index is 5.63. The lowest BCUT2D eigenvalue weighted by Gasteiger charge is -2.13. The van der Waals surface area contributed by atoms with E-state index >= 15 is 0 Å². The zero-order valence-corrected chi connectivity index (χ0v) is 17.4. The van der Waals surface area contributed by atoms with Crippen molar-refractivity contribution in [2.75, 3.05) is 32.3 Å². The zero-order valence-electron chi connectivity index (χ0n) is 17.4. The van der Waals surface area contributed by atoms with E-state index in [1.54, 1.807) is 33.5 Å². The molecule has 0 bridgehead atoms. The van der Waals surface area contributed by atoms with Crippen LogP contribution in [0.4, 0.5) is 11.8 Å². The lowest BCUT2D eigenvalue weighted by atomic mass is 10.0. The predicted molar refractivity (Wildman–Crippen MR) is 122 cm³/mol. The van der Waals surface area contributed by atoms with Gasteiger partial charge in [0.25, 0.3) is 0 Å². The number of nitrogens with one attached hydrogen (secondary N) is 1. The van der Waals surface area contributed by atoms with Crippen molar-refractivity contribution in [1.82, 2.24) is 15.0 Å². The molecule has 0 unspecified atom stereocenters.